The fraction of sp³-hybridized carbons (Fsp3) is 0.167. The lowest BCUT2D eigenvalue weighted by molar-refractivity contribution is -0.117. The Bertz CT molecular complexity index is 862. The summed E-state index contributed by atoms with van der Waals surface area (Å²) in [6.45, 7) is 0. The van der Waals surface area contributed by atoms with Crippen LogP contribution in [0.25, 0.3) is 11.5 Å². The van der Waals surface area contributed by atoms with Gasteiger partial charge in [0.15, 0.2) is 0 Å². The fourth-order valence-electron chi connectivity index (χ4n) is 2.83. The van der Waals surface area contributed by atoms with Gasteiger partial charge in [0.2, 0.25) is 18.2 Å². The summed E-state index contributed by atoms with van der Waals surface area (Å²) in [5.41, 5.74) is 2.65. The first kappa shape index (κ1) is 14.9. The smallest absolute Gasteiger partial charge is 0.247 e. The first-order valence-corrected chi connectivity index (χ1v) is 8.01. The van der Waals surface area contributed by atoms with E-state index in [-0.39, 0.29) is 17.7 Å². The van der Waals surface area contributed by atoms with Gasteiger partial charge in [-0.3, -0.25) is 4.79 Å². The number of hydrogen-bond acceptors (Lipinski definition) is 4. The highest BCUT2D eigenvalue weighted by Crippen LogP contribution is 2.48. The van der Waals surface area contributed by atoms with E-state index >= 15 is 0 Å². The van der Waals surface area contributed by atoms with E-state index in [0.29, 0.717) is 10.9 Å². The quantitative estimate of drug-likeness (QED) is 0.776. The molecule has 5 nitrogen and oxygen atoms in total. The van der Waals surface area contributed by atoms with Gasteiger partial charge in [-0.2, -0.15) is 0 Å². The van der Waals surface area contributed by atoms with Crippen molar-refractivity contribution in [1.82, 2.24) is 10.2 Å². The van der Waals surface area contributed by atoms with Gasteiger partial charge >= 0.3 is 0 Å². The topological polar surface area (TPSA) is 68.0 Å². The molecule has 1 aromatic heterocycles. The van der Waals surface area contributed by atoms with Crippen molar-refractivity contribution in [2.24, 2.45) is 5.92 Å². The molecular weight excluding hydrogens is 326 g/mol. The van der Waals surface area contributed by atoms with Crippen molar-refractivity contribution >= 4 is 23.2 Å². The van der Waals surface area contributed by atoms with Crippen LogP contribution in [0.2, 0.25) is 5.02 Å². The molecule has 6 heteroatoms. The molecule has 1 aliphatic rings. The average Bonchev–Trinajstić information content (AvgIpc) is 3.20. The summed E-state index contributed by atoms with van der Waals surface area (Å²) in [5.74, 6) is 0.716. The van der Waals surface area contributed by atoms with Gasteiger partial charge in [0.1, 0.15) is 0 Å². The highest BCUT2D eigenvalue weighted by molar-refractivity contribution is 6.30. The molecule has 120 valence electrons. The Balaban J connectivity index is 1.44. The van der Waals surface area contributed by atoms with Crippen LogP contribution in [0, 0.1) is 5.92 Å². The summed E-state index contributed by atoms with van der Waals surface area (Å²) < 4.78 is 5.18. The van der Waals surface area contributed by atoms with Crippen LogP contribution in [-0.4, -0.2) is 16.1 Å². The van der Waals surface area contributed by atoms with Crippen LogP contribution >= 0.6 is 11.6 Å². The maximum atomic E-state index is 12.4. The Hall–Kier alpha value is -2.66. The van der Waals surface area contributed by atoms with Crippen LogP contribution in [0.5, 0.6) is 0 Å². The van der Waals surface area contributed by atoms with E-state index in [1.54, 1.807) is 0 Å². The largest absolute Gasteiger partial charge is 0.423 e. The number of benzene rings is 2. The lowest BCUT2D eigenvalue weighted by atomic mass is 10.1. The van der Waals surface area contributed by atoms with E-state index in [1.807, 2.05) is 48.5 Å². The zero-order chi connectivity index (χ0) is 16.5. The first-order valence-electron chi connectivity index (χ1n) is 7.63. The van der Waals surface area contributed by atoms with Crippen molar-refractivity contribution < 1.29 is 9.21 Å². The molecule has 1 heterocycles. The molecule has 1 N–H and O–H groups in total. The predicted octanol–water partition coefficient (Wildman–Crippen LogP) is 4.13. The fourth-order valence-corrected chi connectivity index (χ4v) is 2.95. The normalized spacial score (nSPS) is 19.0. The number of hydrogen-bond donors (Lipinski definition) is 1. The second kappa shape index (κ2) is 6.09. The van der Waals surface area contributed by atoms with E-state index in [1.165, 1.54) is 6.39 Å². The molecule has 1 aliphatic carbocycles. The van der Waals surface area contributed by atoms with Crippen molar-refractivity contribution in [2.45, 2.75) is 12.3 Å². The number of nitrogens with zero attached hydrogens (tertiary/aromatic N) is 2. The summed E-state index contributed by atoms with van der Waals surface area (Å²) in [4.78, 5) is 12.4. The van der Waals surface area contributed by atoms with E-state index in [9.17, 15) is 4.79 Å². The van der Waals surface area contributed by atoms with Crippen molar-refractivity contribution in [3.05, 3.63) is 65.5 Å². The van der Waals surface area contributed by atoms with Gasteiger partial charge in [-0.25, -0.2) is 0 Å². The lowest BCUT2D eigenvalue weighted by Gasteiger charge is -2.06. The van der Waals surface area contributed by atoms with Crippen LogP contribution in [0.15, 0.2) is 59.3 Å². The Kier molecular flexibility index (Phi) is 3.78. The van der Waals surface area contributed by atoms with Crippen LogP contribution < -0.4 is 5.32 Å². The number of carbonyl (C=O) groups excluding carboxylic acids is 1. The summed E-state index contributed by atoms with van der Waals surface area (Å²) >= 11 is 5.90. The number of halogens is 1. The number of nitrogens with one attached hydrogen (secondary N) is 1. The summed E-state index contributed by atoms with van der Waals surface area (Å²) in [5, 5.41) is 11.2. The third-order valence-electron chi connectivity index (χ3n) is 4.16. The molecular formula is C18H14ClN3O2. The average molecular weight is 340 g/mol. The Morgan fingerprint density at radius 3 is 2.79 bits per heavy atom. The molecule has 2 atom stereocenters. The maximum absolute atomic E-state index is 12.4. The third kappa shape index (κ3) is 3.03. The predicted molar refractivity (Wildman–Crippen MR) is 90.7 cm³/mol. The van der Waals surface area contributed by atoms with E-state index < -0.39 is 0 Å². The molecule has 0 aliphatic heterocycles. The van der Waals surface area contributed by atoms with E-state index in [4.69, 9.17) is 16.0 Å². The minimum atomic E-state index is -0.00163. The number of rotatable bonds is 4. The molecule has 0 bridgehead atoms. The van der Waals surface area contributed by atoms with Gasteiger partial charge in [0.05, 0.1) is 0 Å². The van der Waals surface area contributed by atoms with E-state index in [0.717, 1.165) is 23.2 Å². The molecule has 0 radical (unpaired) electrons. The summed E-state index contributed by atoms with van der Waals surface area (Å²) in [7, 11) is 0. The molecule has 24 heavy (non-hydrogen) atoms. The molecule has 4 rings (SSSR count). The van der Waals surface area contributed by atoms with Gasteiger partial charge in [-0.15, -0.1) is 10.2 Å². The number of anilines is 1. The van der Waals surface area contributed by atoms with E-state index in [2.05, 4.69) is 15.5 Å². The number of carbonyl (C=O) groups is 1. The first-order chi connectivity index (χ1) is 11.7. The minimum Gasteiger partial charge on any atom is -0.423 e. The van der Waals surface area contributed by atoms with Crippen LogP contribution in [0.3, 0.4) is 0 Å². The number of amides is 1. The molecule has 3 aromatic rings. The van der Waals surface area contributed by atoms with Gasteiger partial charge in [-0.05, 0) is 48.2 Å². The van der Waals surface area contributed by atoms with Crippen LogP contribution in [0.4, 0.5) is 5.69 Å². The zero-order valence-corrected chi connectivity index (χ0v) is 13.4. The van der Waals surface area contributed by atoms with Crippen LogP contribution in [0.1, 0.15) is 17.9 Å². The number of aromatic nitrogens is 2. The van der Waals surface area contributed by atoms with Crippen molar-refractivity contribution in [3.63, 3.8) is 0 Å². The van der Waals surface area contributed by atoms with Gasteiger partial charge in [0.25, 0.3) is 0 Å². The summed E-state index contributed by atoms with van der Waals surface area (Å²) in [6.07, 6.45) is 2.14. The van der Waals surface area contributed by atoms with Gasteiger partial charge in [0, 0.05) is 22.2 Å². The minimum absolute atomic E-state index is 0.00163. The second-order valence-corrected chi connectivity index (χ2v) is 6.25. The Morgan fingerprint density at radius 2 is 2.04 bits per heavy atom. The third-order valence-corrected chi connectivity index (χ3v) is 4.41. The highest BCUT2D eigenvalue weighted by Gasteiger charge is 2.43. The maximum Gasteiger partial charge on any atom is 0.247 e. The molecule has 1 fully saturated rings. The van der Waals surface area contributed by atoms with Crippen LogP contribution in [-0.2, 0) is 4.79 Å². The Labute approximate surface area is 143 Å². The van der Waals surface area contributed by atoms with Crippen molar-refractivity contribution in [3.8, 4) is 11.5 Å². The van der Waals surface area contributed by atoms with Crippen molar-refractivity contribution in [2.75, 3.05) is 5.32 Å². The zero-order valence-electron chi connectivity index (χ0n) is 12.6. The molecule has 0 spiro atoms. The highest BCUT2D eigenvalue weighted by atomic mass is 35.5. The molecule has 0 unspecified atom stereocenters. The Morgan fingerprint density at radius 1 is 1.21 bits per heavy atom. The lowest BCUT2D eigenvalue weighted by Crippen LogP contribution is -2.14. The monoisotopic (exact) mass is 339 g/mol. The second-order valence-electron chi connectivity index (χ2n) is 5.81. The van der Waals surface area contributed by atoms with Crippen molar-refractivity contribution in [1.29, 1.82) is 0 Å². The standard InChI is InChI=1S/C18H14ClN3O2/c19-13-6-4-11(5-7-13)15-9-16(15)17(23)21-14-3-1-2-12(8-14)18-22-20-10-24-18/h1-8,10,15-16H,9H2,(H,21,23)/t15-,16-/m0/s1. The molecule has 0 saturated heterocycles. The molecule has 1 amide bonds. The summed E-state index contributed by atoms with van der Waals surface area (Å²) in [6, 6.07) is 15.1. The molecule has 2 aromatic carbocycles. The molecule has 1 saturated carbocycles. The van der Waals surface area contributed by atoms with Gasteiger partial charge in [-0.1, -0.05) is 29.8 Å². The SMILES string of the molecule is O=C(Nc1cccc(-c2nnco2)c1)[C@H]1C[C@H]1c1ccc(Cl)cc1. The van der Waals surface area contributed by atoms with Gasteiger partial charge < -0.3 is 9.73 Å².